The zero-order chi connectivity index (χ0) is 21.8. The first-order valence-electron chi connectivity index (χ1n) is 10.3. The highest BCUT2D eigenvalue weighted by atomic mass is 79.9. The van der Waals surface area contributed by atoms with E-state index in [2.05, 4.69) is 38.5 Å². The lowest BCUT2D eigenvalue weighted by molar-refractivity contribution is 0.195. The van der Waals surface area contributed by atoms with Crippen LogP contribution >= 0.6 is 15.9 Å². The van der Waals surface area contributed by atoms with Gasteiger partial charge < -0.3 is 24.8 Å². The van der Waals surface area contributed by atoms with Crippen LogP contribution in [-0.4, -0.2) is 48.4 Å². The van der Waals surface area contributed by atoms with E-state index in [1.54, 1.807) is 20.4 Å². The predicted octanol–water partition coefficient (Wildman–Crippen LogP) is 4.18. The molecular formula is C22H26BrN5O3. The smallest absolute Gasteiger partial charge is 0.154 e. The van der Waals surface area contributed by atoms with E-state index in [-0.39, 0.29) is 6.04 Å². The summed E-state index contributed by atoms with van der Waals surface area (Å²) in [6, 6.07) is 6.01. The molecule has 31 heavy (non-hydrogen) atoms. The molecule has 0 amide bonds. The number of nitrogens with zero attached hydrogens (tertiary/aromatic N) is 3. The van der Waals surface area contributed by atoms with Gasteiger partial charge in [-0.3, -0.25) is 0 Å². The number of pyridine rings is 1. The molecule has 1 aliphatic rings. The van der Waals surface area contributed by atoms with Crippen LogP contribution in [0.4, 0.5) is 11.6 Å². The molecule has 1 atom stereocenters. The number of hydrogen-bond acceptors (Lipinski definition) is 8. The van der Waals surface area contributed by atoms with Gasteiger partial charge in [0.2, 0.25) is 0 Å². The lowest BCUT2D eigenvalue weighted by Crippen LogP contribution is -2.21. The van der Waals surface area contributed by atoms with Crippen molar-refractivity contribution in [1.29, 1.82) is 0 Å². The van der Waals surface area contributed by atoms with Crippen LogP contribution < -0.4 is 20.1 Å². The molecule has 1 fully saturated rings. The van der Waals surface area contributed by atoms with E-state index in [1.165, 1.54) is 0 Å². The van der Waals surface area contributed by atoms with Crippen LogP contribution in [0.2, 0.25) is 0 Å². The Labute approximate surface area is 189 Å². The van der Waals surface area contributed by atoms with Crippen molar-refractivity contribution in [1.82, 2.24) is 15.0 Å². The Bertz CT molecular complexity index is 1070. The Morgan fingerprint density at radius 3 is 2.74 bits per heavy atom. The van der Waals surface area contributed by atoms with Crippen molar-refractivity contribution >= 4 is 38.6 Å². The van der Waals surface area contributed by atoms with E-state index in [0.717, 1.165) is 63.5 Å². The standard InChI is InChI=1S/C22H26BrN5O3/c1-4-17-21(26-14-7-8-31-12-14)28-19-16(23)11-25-22(20(19)27-17)24-10-13-5-6-15(29-2)9-18(13)30-3/h5-6,9,11,14H,4,7-8,10,12H2,1-3H3,(H,24,25)(H,26,28)/t14-/m0/s1. The second-order valence-electron chi connectivity index (χ2n) is 7.26. The molecule has 0 radical (unpaired) electrons. The van der Waals surface area contributed by atoms with E-state index in [0.29, 0.717) is 19.0 Å². The van der Waals surface area contributed by atoms with Gasteiger partial charge >= 0.3 is 0 Å². The summed E-state index contributed by atoms with van der Waals surface area (Å²) in [6.45, 7) is 4.07. The summed E-state index contributed by atoms with van der Waals surface area (Å²) in [7, 11) is 3.28. The van der Waals surface area contributed by atoms with Crippen LogP contribution in [0.1, 0.15) is 24.6 Å². The zero-order valence-electron chi connectivity index (χ0n) is 17.9. The Hall–Kier alpha value is -2.65. The van der Waals surface area contributed by atoms with Gasteiger partial charge in [-0.1, -0.05) is 6.92 Å². The van der Waals surface area contributed by atoms with Crippen LogP contribution in [-0.2, 0) is 17.7 Å². The normalized spacial score (nSPS) is 15.8. The Morgan fingerprint density at radius 1 is 1.16 bits per heavy atom. The number of fused-ring (bicyclic) bond motifs is 1. The highest BCUT2D eigenvalue weighted by Gasteiger charge is 2.20. The molecule has 0 aliphatic carbocycles. The molecule has 1 aromatic carbocycles. The van der Waals surface area contributed by atoms with Crippen molar-refractivity contribution in [3.63, 3.8) is 0 Å². The van der Waals surface area contributed by atoms with Crippen molar-refractivity contribution in [2.45, 2.75) is 32.4 Å². The summed E-state index contributed by atoms with van der Waals surface area (Å²) in [6.07, 6.45) is 3.48. The van der Waals surface area contributed by atoms with Gasteiger partial charge in [-0.25, -0.2) is 15.0 Å². The lowest BCUT2D eigenvalue weighted by Gasteiger charge is -2.17. The molecule has 2 N–H and O–H groups in total. The maximum Gasteiger partial charge on any atom is 0.154 e. The first-order valence-corrected chi connectivity index (χ1v) is 11.1. The SMILES string of the molecule is CCc1nc2c(NCc3ccc(OC)cc3OC)ncc(Br)c2nc1N[C@H]1CCOC1. The number of benzene rings is 1. The van der Waals surface area contributed by atoms with Gasteiger partial charge in [-0.15, -0.1) is 0 Å². The monoisotopic (exact) mass is 487 g/mol. The third-order valence-corrected chi connectivity index (χ3v) is 5.85. The zero-order valence-corrected chi connectivity index (χ0v) is 19.5. The fraction of sp³-hybridized carbons (Fsp3) is 0.409. The largest absolute Gasteiger partial charge is 0.497 e. The molecule has 2 aromatic heterocycles. The second kappa shape index (κ2) is 9.65. The quantitative estimate of drug-likeness (QED) is 0.488. The van der Waals surface area contributed by atoms with Gasteiger partial charge in [0.05, 0.1) is 37.0 Å². The maximum absolute atomic E-state index is 5.50. The number of aromatic nitrogens is 3. The Morgan fingerprint density at radius 2 is 2.03 bits per heavy atom. The number of ether oxygens (including phenoxy) is 3. The fourth-order valence-electron chi connectivity index (χ4n) is 3.56. The van der Waals surface area contributed by atoms with Gasteiger partial charge in [-0.2, -0.15) is 0 Å². The molecular weight excluding hydrogens is 462 g/mol. The molecule has 4 rings (SSSR count). The number of methoxy groups -OCH3 is 2. The van der Waals surface area contributed by atoms with Crippen LogP contribution in [0.3, 0.4) is 0 Å². The molecule has 0 bridgehead atoms. The summed E-state index contributed by atoms with van der Waals surface area (Å²) >= 11 is 3.58. The van der Waals surface area contributed by atoms with Gasteiger partial charge in [-0.05, 0) is 40.9 Å². The predicted molar refractivity (Wildman–Crippen MR) is 124 cm³/mol. The maximum atomic E-state index is 5.50. The average molecular weight is 488 g/mol. The highest BCUT2D eigenvalue weighted by Crippen LogP contribution is 2.30. The van der Waals surface area contributed by atoms with E-state index in [4.69, 9.17) is 24.2 Å². The van der Waals surface area contributed by atoms with Crippen LogP contribution in [0.15, 0.2) is 28.9 Å². The molecule has 3 aromatic rings. The van der Waals surface area contributed by atoms with Gasteiger partial charge in [0, 0.05) is 31.0 Å². The number of rotatable bonds is 8. The minimum Gasteiger partial charge on any atom is -0.497 e. The minimum absolute atomic E-state index is 0.262. The van der Waals surface area contributed by atoms with Crippen molar-refractivity contribution in [2.75, 3.05) is 38.1 Å². The van der Waals surface area contributed by atoms with E-state index in [1.807, 2.05) is 18.2 Å². The third kappa shape index (κ3) is 4.67. The average Bonchev–Trinajstić information content (AvgIpc) is 3.31. The van der Waals surface area contributed by atoms with Crippen LogP contribution in [0.25, 0.3) is 11.0 Å². The first-order chi connectivity index (χ1) is 15.1. The number of halogens is 1. The number of nitrogens with one attached hydrogen (secondary N) is 2. The minimum atomic E-state index is 0.262. The fourth-order valence-corrected chi connectivity index (χ4v) is 3.93. The Balaban J connectivity index is 1.64. The third-order valence-electron chi connectivity index (χ3n) is 5.27. The first kappa shape index (κ1) is 21.6. The van der Waals surface area contributed by atoms with E-state index < -0.39 is 0 Å². The molecule has 8 nitrogen and oxygen atoms in total. The Kier molecular flexibility index (Phi) is 6.72. The summed E-state index contributed by atoms with van der Waals surface area (Å²) in [4.78, 5) is 14.3. The molecule has 1 aliphatic heterocycles. The summed E-state index contributed by atoms with van der Waals surface area (Å²) < 4.78 is 17.1. The molecule has 0 unspecified atom stereocenters. The molecule has 0 spiro atoms. The van der Waals surface area contributed by atoms with Gasteiger partial charge in [0.1, 0.15) is 28.4 Å². The van der Waals surface area contributed by atoms with E-state index >= 15 is 0 Å². The van der Waals surface area contributed by atoms with Crippen LogP contribution in [0, 0.1) is 0 Å². The second-order valence-corrected chi connectivity index (χ2v) is 8.11. The molecule has 9 heteroatoms. The van der Waals surface area contributed by atoms with Crippen molar-refractivity contribution in [3.8, 4) is 11.5 Å². The summed E-state index contributed by atoms with van der Waals surface area (Å²) in [5, 5.41) is 6.89. The number of hydrogen-bond donors (Lipinski definition) is 2. The van der Waals surface area contributed by atoms with Crippen LogP contribution in [0.5, 0.6) is 11.5 Å². The number of anilines is 2. The van der Waals surface area contributed by atoms with Crippen molar-refractivity contribution < 1.29 is 14.2 Å². The lowest BCUT2D eigenvalue weighted by atomic mass is 10.2. The summed E-state index contributed by atoms with van der Waals surface area (Å²) in [5.74, 6) is 2.98. The molecule has 3 heterocycles. The molecule has 164 valence electrons. The van der Waals surface area contributed by atoms with Crippen molar-refractivity contribution in [3.05, 3.63) is 40.1 Å². The molecule has 0 saturated carbocycles. The van der Waals surface area contributed by atoms with Gasteiger partial charge in [0.15, 0.2) is 5.82 Å². The highest BCUT2D eigenvalue weighted by molar-refractivity contribution is 9.10. The van der Waals surface area contributed by atoms with E-state index in [9.17, 15) is 0 Å². The summed E-state index contributed by atoms with van der Waals surface area (Å²) in [5.41, 5.74) is 3.39. The topological polar surface area (TPSA) is 90.4 Å². The molecule has 1 saturated heterocycles. The number of aryl methyl sites for hydroxylation is 1. The van der Waals surface area contributed by atoms with Crippen molar-refractivity contribution in [2.24, 2.45) is 0 Å². The van der Waals surface area contributed by atoms with Gasteiger partial charge in [0.25, 0.3) is 0 Å².